The zero-order valence-corrected chi connectivity index (χ0v) is 20.4. The normalized spacial score (nSPS) is 21.1. The van der Waals surface area contributed by atoms with Crippen molar-refractivity contribution in [2.24, 2.45) is 0 Å². The third kappa shape index (κ3) is 4.08. The second kappa shape index (κ2) is 9.14. The number of hydrogen-bond acceptors (Lipinski definition) is 7. The Morgan fingerprint density at radius 2 is 2.09 bits per heavy atom. The number of nitrogens with zero attached hydrogens (tertiary/aromatic N) is 6. The lowest BCUT2D eigenvalue weighted by Crippen LogP contribution is -2.29. The highest BCUT2D eigenvalue weighted by Crippen LogP contribution is 2.38. The van der Waals surface area contributed by atoms with Crippen LogP contribution in [-0.2, 0) is 17.8 Å². The van der Waals surface area contributed by atoms with Gasteiger partial charge in [0.25, 0.3) is 0 Å². The van der Waals surface area contributed by atoms with Gasteiger partial charge in [-0.1, -0.05) is 30.1 Å². The highest BCUT2D eigenvalue weighted by atomic mass is 35.5. The molecule has 0 aromatic carbocycles. The van der Waals surface area contributed by atoms with Crippen LogP contribution in [0, 0.1) is 6.92 Å². The monoisotopic (exact) mass is 470 g/mol. The SMILES string of the molecule is CCCCC(=O)C1CCCc2c(-c3nc(Cl)c4c(C)nn(CC5CCCN5C)c4n3)noc21. The van der Waals surface area contributed by atoms with Gasteiger partial charge in [0.05, 0.1) is 23.5 Å². The van der Waals surface area contributed by atoms with Crippen LogP contribution in [0.25, 0.3) is 22.6 Å². The number of unbranched alkanes of at least 4 members (excludes halogenated alkanes) is 1. The van der Waals surface area contributed by atoms with E-state index in [4.69, 9.17) is 26.2 Å². The van der Waals surface area contributed by atoms with E-state index in [1.807, 2.05) is 11.6 Å². The van der Waals surface area contributed by atoms with Crippen LogP contribution in [0.4, 0.5) is 0 Å². The maximum absolute atomic E-state index is 12.8. The first-order valence-electron chi connectivity index (χ1n) is 12.1. The molecule has 0 radical (unpaired) electrons. The summed E-state index contributed by atoms with van der Waals surface area (Å²) in [6.07, 6.45) is 7.37. The minimum Gasteiger partial charge on any atom is -0.360 e. The fraction of sp³-hybridized carbons (Fsp3) is 0.625. The zero-order chi connectivity index (χ0) is 23.1. The van der Waals surface area contributed by atoms with Crippen LogP contribution >= 0.6 is 11.6 Å². The quantitative estimate of drug-likeness (QED) is 0.461. The zero-order valence-electron chi connectivity index (χ0n) is 19.6. The third-order valence-corrected chi connectivity index (χ3v) is 7.48. The van der Waals surface area contributed by atoms with E-state index in [0.717, 1.165) is 73.9 Å². The number of fused-ring (bicyclic) bond motifs is 2. The molecule has 1 aliphatic carbocycles. The molecule has 8 nitrogen and oxygen atoms in total. The van der Waals surface area contributed by atoms with Gasteiger partial charge in [-0.2, -0.15) is 5.10 Å². The van der Waals surface area contributed by atoms with Crippen molar-refractivity contribution in [3.05, 3.63) is 22.2 Å². The lowest BCUT2D eigenvalue weighted by atomic mass is 9.83. The summed E-state index contributed by atoms with van der Waals surface area (Å²) in [6.45, 7) is 5.91. The van der Waals surface area contributed by atoms with Gasteiger partial charge in [-0.3, -0.25) is 4.79 Å². The average Bonchev–Trinajstić information content (AvgIpc) is 3.50. The molecule has 3 aromatic rings. The van der Waals surface area contributed by atoms with E-state index >= 15 is 0 Å². The molecule has 1 fully saturated rings. The molecule has 4 heterocycles. The van der Waals surface area contributed by atoms with Gasteiger partial charge in [0.15, 0.2) is 22.9 Å². The molecule has 33 heavy (non-hydrogen) atoms. The van der Waals surface area contributed by atoms with Crippen molar-refractivity contribution in [2.75, 3.05) is 13.6 Å². The minimum atomic E-state index is -0.216. The van der Waals surface area contributed by atoms with Crippen molar-refractivity contribution in [1.29, 1.82) is 0 Å². The summed E-state index contributed by atoms with van der Waals surface area (Å²) in [6, 6.07) is 0.430. The Morgan fingerprint density at radius 3 is 2.85 bits per heavy atom. The Hall–Kier alpha value is -2.32. The molecule has 1 saturated heterocycles. The number of likely N-dealkylation sites (N-methyl/N-ethyl adjacent to an activating group) is 1. The number of hydrogen-bond donors (Lipinski definition) is 0. The van der Waals surface area contributed by atoms with Gasteiger partial charge in [0, 0.05) is 18.0 Å². The molecule has 2 unspecified atom stereocenters. The average molecular weight is 471 g/mol. The summed E-state index contributed by atoms with van der Waals surface area (Å²) in [5, 5.41) is 10.2. The molecule has 3 aromatic heterocycles. The summed E-state index contributed by atoms with van der Waals surface area (Å²) >= 11 is 6.64. The van der Waals surface area contributed by atoms with Crippen LogP contribution < -0.4 is 0 Å². The van der Waals surface area contributed by atoms with Crippen LogP contribution in [0.15, 0.2) is 4.52 Å². The smallest absolute Gasteiger partial charge is 0.185 e. The Balaban J connectivity index is 1.53. The van der Waals surface area contributed by atoms with Gasteiger partial charge in [0.1, 0.15) is 10.9 Å². The van der Waals surface area contributed by atoms with Crippen molar-refractivity contribution in [3.63, 3.8) is 0 Å². The summed E-state index contributed by atoms with van der Waals surface area (Å²) in [5.41, 5.74) is 3.10. The Labute approximate surface area is 198 Å². The first kappa shape index (κ1) is 22.5. The predicted molar refractivity (Wildman–Crippen MR) is 126 cm³/mol. The second-order valence-electron chi connectivity index (χ2n) is 9.47. The fourth-order valence-corrected chi connectivity index (χ4v) is 5.60. The van der Waals surface area contributed by atoms with E-state index in [1.165, 1.54) is 6.42 Å². The van der Waals surface area contributed by atoms with E-state index in [-0.39, 0.29) is 11.7 Å². The van der Waals surface area contributed by atoms with Gasteiger partial charge in [-0.05, 0) is 59.0 Å². The van der Waals surface area contributed by atoms with Crippen LogP contribution in [0.3, 0.4) is 0 Å². The van der Waals surface area contributed by atoms with E-state index in [0.29, 0.717) is 34.9 Å². The third-order valence-electron chi connectivity index (χ3n) is 7.21. The van der Waals surface area contributed by atoms with Crippen molar-refractivity contribution < 1.29 is 9.32 Å². The second-order valence-corrected chi connectivity index (χ2v) is 9.83. The number of carbonyl (C=O) groups excluding carboxylic acids is 1. The van der Waals surface area contributed by atoms with Gasteiger partial charge in [-0.15, -0.1) is 0 Å². The molecule has 0 saturated carbocycles. The van der Waals surface area contributed by atoms with Gasteiger partial charge >= 0.3 is 0 Å². The van der Waals surface area contributed by atoms with E-state index < -0.39 is 0 Å². The molecule has 0 amide bonds. The highest BCUT2D eigenvalue weighted by molar-refractivity contribution is 6.34. The van der Waals surface area contributed by atoms with Crippen LogP contribution in [0.5, 0.6) is 0 Å². The number of ketones is 1. The Kier molecular flexibility index (Phi) is 6.22. The summed E-state index contributed by atoms with van der Waals surface area (Å²) in [5.74, 6) is 1.16. The van der Waals surface area contributed by atoms with Crippen LogP contribution in [-0.4, -0.2) is 55.2 Å². The van der Waals surface area contributed by atoms with Crippen molar-refractivity contribution in [3.8, 4) is 11.5 Å². The summed E-state index contributed by atoms with van der Waals surface area (Å²) in [7, 11) is 2.16. The molecule has 0 bridgehead atoms. The number of likely N-dealkylation sites (tertiary alicyclic amines) is 1. The topological polar surface area (TPSA) is 89.9 Å². The van der Waals surface area contributed by atoms with Crippen molar-refractivity contribution >= 4 is 28.4 Å². The molecule has 5 rings (SSSR count). The maximum Gasteiger partial charge on any atom is 0.185 e. The molecule has 1 aliphatic heterocycles. The highest BCUT2D eigenvalue weighted by Gasteiger charge is 2.34. The molecular weight excluding hydrogens is 440 g/mol. The number of aryl methyl sites for hydroxylation is 1. The number of halogens is 1. The van der Waals surface area contributed by atoms with E-state index in [2.05, 4.69) is 29.0 Å². The van der Waals surface area contributed by atoms with Gasteiger partial charge < -0.3 is 9.42 Å². The van der Waals surface area contributed by atoms with Crippen molar-refractivity contribution in [2.45, 2.75) is 83.7 Å². The first-order chi connectivity index (χ1) is 16.0. The lowest BCUT2D eigenvalue weighted by molar-refractivity contribution is -0.121. The van der Waals surface area contributed by atoms with E-state index in [9.17, 15) is 4.79 Å². The lowest BCUT2D eigenvalue weighted by Gasteiger charge is -2.19. The van der Waals surface area contributed by atoms with Gasteiger partial charge in [-0.25, -0.2) is 14.6 Å². The number of rotatable bonds is 7. The number of aromatic nitrogens is 5. The van der Waals surface area contributed by atoms with Gasteiger partial charge in [0.2, 0.25) is 0 Å². The number of carbonyl (C=O) groups is 1. The minimum absolute atomic E-state index is 0.216. The molecule has 2 atom stereocenters. The molecule has 2 aliphatic rings. The Bertz CT molecular complexity index is 1190. The Morgan fingerprint density at radius 1 is 1.24 bits per heavy atom. The first-order valence-corrected chi connectivity index (χ1v) is 12.5. The molecule has 9 heteroatoms. The largest absolute Gasteiger partial charge is 0.360 e. The van der Waals surface area contributed by atoms with Crippen LogP contribution in [0.1, 0.15) is 74.8 Å². The van der Waals surface area contributed by atoms with Crippen molar-refractivity contribution in [1.82, 2.24) is 29.8 Å². The maximum atomic E-state index is 12.8. The molecular formula is C24H31ClN6O2. The van der Waals surface area contributed by atoms with E-state index in [1.54, 1.807) is 0 Å². The summed E-state index contributed by atoms with van der Waals surface area (Å²) < 4.78 is 7.70. The number of Topliss-reactive ketones (excluding diaryl/α,β-unsaturated/α-hetero) is 1. The molecule has 0 N–H and O–H groups in total. The predicted octanol–water partition coefficient (Wildman–Crippen LogP) is 4.72. The fourth-order valence-electron chi connectivity index (χ4n) is 5.30. The van der Waals surface area contributed by atoms with Crippen LogP contribution in [0.2, 0.25) is 5.15 Å². The standard InChI is InChI=1S/C24H31ClN6O2/c1-4-5-11-18(32)16-9-6-10-17-20(29-33-21(16)17)23-26-22(25)19-14(2)28-31(24(19)27-23)13-15-8-7-12-30(15)3/h15-16H,4-13H2,1-3H3. The molecule has 0 spiro atoms. The summed E-state index contributed by atoms with van der Waals surface area (Å²) in [4.78, 5) is 24.6. The molecule has 176 valence electrons.